The Morgan fingerprint density at radius 3 is 2.77 bits per heavy atom. The largest absolute Gasteiger partial charge is 0.359 e. The number of nitrogens with one attached hydrogen (secondary N) is 1. The molecule has 0 amide bonds. The van der Waals surface area contributed by atoms with E-state index in [1.54, 1.807) is 0 Å². The van der Waals surface area contributed by atoms with Crippen molar-refractivity contribution in [3.8, 4) is 0 Å². The summed E-state index contributed by atoms with van der Waals surface area (Å²) in [5.74, 6) is 0.860. The second kappa shape index (κ2) is 5.22. The standard InChI is InChI=1S/C10H18N2S/c1-3-6-11-10(13)12-7-4-9(2)5-8-12/h3,9H,1,4-8H2,2H3,(H,11,13). The van der Waals surface area contributed by atoms with Gasteiger partial charge in [-0.25, -0.2) is 0 Å². The minimum Gasteiger partial charge on any atom is -0.359 e. The molecule has 2 nitrogen and oxygen atoms in total. The van der Waals surface area contributed by atoms with Gasteiger partial charge < -0.3 is 10.2 Å². The highest BCUT2D eigenvalue weighted by Crippen LogP contribution is 2.15. The Morgan fingerprint density at radius 1 is 1.62 bits per heavy atom. The molecule has 1 aliphatic heterocycles. The first-order valence-electron chi connectivity index (χ1n) is 4.87. The number of nitrogens with zero attached hydrogens (tertiary/aromatic N) is 1. The lowest BCUT2D eigenvalue weighted by molar-refractivity contribution is 0.278. The Kier molecular flexibility index (Phi) is 4.22. The molecule has 13 heavy (non-hydrogen) atoms. The van der Waals surface area contributed by atoms with Crippen LogP contribution in [0.5, 0.6) is 0 Å². The van der Waals surface area contributed by atoms with E-state index in [1.807, 2.05) is 6.08 Å². The van der Waals surface area contributed by atoms with Gasteiger partial charge in [-0.05, 0) is 31.0 Å². The SMILES string of the molecule is C=CCNC(=S)N1CCC(C)CC1. The van der Waals surface area contributed by atoms with Crippen LogP contribution in [-0.4, -0.2) is 29.6 Å². The molecule has 0 aliphatic carbocycles. The van der Waals surface area contributed by atoms with Crippen molar-refractivity contribution >= 4 is 17.3 Å². The van der Waals surface area contributed by atoms with E-state index in [1.165, 1.54) is 12.8 Å². The van der Waals surface area contributed by atoms with Gasteiger partial charge in [-0.15, -0.1) is 6.58 Å². The van der Waals surface area contributed by atoms with E-state index in [2.05, 4.69) is 23.7 Å². The second-order valence-electron chi connectivity index (χ2n) is 3.64. The van der Waals surface area contributed by atoms with E-state index in [-0.39, 0.29) is 0 Å². The van der Waals surface area contributed by atoms with E-state index in [9.17, 15) is 0 Å². The Hall–Kier alpha value is -0.570. The van der Waals surface area contributed by atoms with Crippen LogP contribution in [0.25, 0.3) is 0 Å². The molecule has 1 saturated heterocycles. The summed E-state index contributed by atoms with van der Waals surface area (Å²) in [5, 5.41) is 4.04. The number of hydrogen-bond donors (Lipinski definition) is 1. The molecule has 1 heterocycles. The van der Waals surface area contributed by atoms with Gasteiger partial charge in [0.05, 0.1) is 0 Å². The zero-order chi connectivity index (χ0) is 9.68. The third-order valence-electron chi connectivity index (χ3n) is 2.47. The molecule has 0 radical (unpaired) electrons. The first kappa shape index (κ1) is 10.5. The first-order chi connectivity index (χ1) is 6.24. The van der Waals surface area contributed by atoms with Crippen LogP contribution in [0.15, 0.2) is 12.7 Å². The molecule has 0 bridgehead atoms. The maximum Gasteiger partial charge on any atom is 0.169 e. The van der Waals surface area contributed by atoms with E-state index >= 15 is 0 Å². The van der Waals surface area contributed by atoms with Gasteiger partial charge in [0.15, 0.2) is 5.11 Å². The quantitative estimate of drug-likeness (QED) is 0.538. The zero-order valence-electron chi connectivity index (χ0n) is 8.25. The van der Waals surface area contributed by atoms with Gasteiger partial charge in [-0.2, -0.15) is 0 Å². The fourth-order valence-corrected chi connectivity index (χ4v) is 1.75. The van der Waals surface area contributed by atoms with Crippen LogP contribution >= 0.6 is 12.2 Å². The van der Waals surface area contributed by atoms with Crippen LogP contribution in [0.2, 0.25) is 0 Å². The summed E-state index contributed by atoms with van der Waals surface area (Å²) in [7, 11) is 0. The summed E-state index contributed by atoms with van der Waals surface area (Å²) < 4.78 is 0. The molecule has 0 unspecified atom stereocenters. The smallest absolute Gasteiger partial charge is 0.169 e. The van der Waals surface area contributed by atoms with Gasteiger partial charge in [-0.3, -0.25) is 0 Å². The van der Waals surface area contributed by atoms with Gasteiger partial charge >= 0.3 is 0 Å². The van der Waals surface area contributed by atoms with Crippen molar-refractivity contribution in [2.45, 2.75) is 19.8 Å². The third kappa shape index (κ3) is 3.35. The average Bonchev–Trinajstić information content (AvgIpc) is 2.15. The molecule has 1 rings (SSSR count). The summed E-state index contributed by atoms with van der Waals surface area (Å²) in [4.78, 5) is 2.25. The van der Waals surface area contributed by atoms with E-state index in [0.717, 1.165) is 30.7 Å². The fourth-order valence-electron chi connectivity index (χ4n) is 1.48. The van der Waals surface area contributed by atoms with Gasteiger partial charge in [0.25, 0.3) is 0 Å². The highest BCUT2D eigenvalue weighted by molar-refractivity contribution is 7.80. The van der Waals surface area contributed by atoms with Gasteiger partial charge in [0, 0.05) is 19.6 Å². The van der Waals surface area contributed by atoms with E-state index in [0.29, 0.717) is 0 Å². The normalized spacial score (nSPS) is 18.4. The second-order valence-corrected chi connectivity index (χ2v) is 4.03. The molecule has 0 aromatic heterocycles. The lowest BCUT2D eigenvalue weighted by atomic mass is 10.00. The third-order valence-corrected chi connectivity index (χ3v) is 2.87. The van der Waals surface area contributed by atoms with Crippen molar-refractivity contribution in [2.75, 3.05) is 19.6 Å². The summed E-state index contributed by atoms with van der Waals surface area (Å²) in [5.41, 5.74) is 0. The van der Waals surface area contributed by atoms with Gasteiger partial charge in [0.1, 0.15) is 0 Å². The van der Waals surface area contributed by atoms with Crippen molar-refractivity contribution in [2.24, 2.45) is 5.92 Å². The summed E-state index contributed by atoms with van der Waals surface area (Å²) in [6, 6.07) is 0. The van der Waals surface area contributed by atoms with Crippen molar-refractivity contribution < 1.29 is 0 Å². The predicted octanol–water partition coefficient (Wildman–Crippen LogP) is 1.78. The van der Waals surface area contributed by atoms with Gasteiger partial charge in [0.2, 0.25) is 0 Å². The van der Waals surface area contributed by atoms with Crippen LogP contribution in [0.1, 0.15) is 19.8 Å². The number of likely N-dealkylation sites (tertiary alicyclic amines) is 1. The number of piperidine rings is 1. The molecule has 74 valence electrons. The highest BCUT2D eigenvalue weighted by Gasteiger charge is 2.16. The van der Waals surface area contributed by atoms with Crippen LogP contribution < -0.4 is 5.32 Å². The molecule has 0 saturated carbocycles. The molecular formula is C10H18N2S. The molecule has 0 spiro atoms. The van der Waals surface area contributed by atoms with Gasteiger partial charge in [-0.1, -0.05) is 13.0 Å². The lowest BCUT2D eigenvalue weighted by Crippen LogP contribution is -2.43. The maximum absolute atomic E-state index is 5.25. The van der Waals surface area contributed by atoms with Crippen LogP contribution in [-0.2, 0) is 0 Å². The Balaban J connectivity index is 2.27. The van der Waals surface area contributed by atoms with Crippen molar-refractivity contribution in [1.82, 2.24) is 10.2 Å². The average molecular weight is 198 g/mol. The molecule has 0 aromatic carbocycles. The first-order valence-corrected chi connectivity index (χ1v) is 5.28. The summed E-state index contributed by atoms with van der Waals surface area (Å²) in [6.07, 6.45) is 4.35. The number of hydrogen-bond acceptors (Lipinski definition) is 1. The topological polar surface area (TPSA) is 15.3 Å². The molecule has 1 fully saturated rings. The van der Waals surface area contributed by atoms with E-state index < -0.39 is 0 Å². The molecule has 3 heteroatoms. The number of rotatable bonds is 2. The predicted molar refractivity (Wildman–Crippen MR) is 60.8 cm³/mol. The highest BCUT2D eigenvalue weighted by atomic mass is 32.1. The van der Waals surface area contributed by atoms with Crippen molar-refractivity contribution in [3.05, 3.63) is 12.7 Å². The maximum atomic E-state index is 5.25. The lowest BCUT2D eigenvalue weighted by Gasteiger charge is -2.32. The zero-order valence-corrected chi connectivity index (χ0v) is 9.07. The monoisotopic (exact) mass is 198 g/mol. The Labute approximate surface area is 86.0 Å². The number of thiocarbonyl (C=S) groups is 1. The van der Waals surface area contributed by atoms with Crippen LogP contribution in [0, 0.1) is 5.92 Å². The van der Waals surface area contributed by atoms with Crippen molar-refractivity contribution in [3.63, 3.8) is 0 Å². The Bertz CT molecular complexity index is 183. The van der Waals surface area contributed by atoms with Crippen LogP contribution in [0.3, 0.4) is 0 Å². The molecule has 0 atom stereocenters. The Morgan fingerprint density at radius 2 is 2.23 bits per heavy atom. The molecular weight excluding hydrogens is 180 g/mol. The molecule has 0 aromatic rings. The minimum absolute atomic E-state index is 0.769. The molecule has 1 N–H and O–H groups in total. The van der Waals surface area contributed by atoms with E-state index in [4.69, 9.17) is 12.2 Å². The minimum atomic E-state index is 0.769. The summed E-state index contributed by atoms with van der Waals surface area (Å²) >= 11 is 5.25. The van der Waals surface area contributed by atoms with Crippen molar-refractivity contribution in [1.29, 1.82) is 0 Å². The van der Waals surface area contributed by atoms with Crippen LogP contribution in [0.4, 0.5) is 0 Å². The fraction of sp³-hybridized carbons (Fsp3) is 0.700. The summed E-state index contributed by atoms with van der Waals surface area (Å²) in [6.45, 7) is 8.92. The molecule has 1 aliphatic rings.